The van der Waals surface area contributed by atoms with Crippen molar-refractivity contribution in [2.75, 3.05) is 17.1 Å². The van der Waals surface area contributed by atoms with Gasteiger partial charge < -0.3 is 5.11 Å². The summed E-state index contributed by atoms with van der Waals surface area (Å²) in [5.74, 6) is -0.929. The van der Waals surface area contributed by atoms with Gasteiger partial charge in [-0.2, -0.15) is 0 Å². The fourth-order valence-electron chi connectivity index (χ4n) is 0.767. The lowest BCUT2D eigenvalue weighted by Gasteiger charge is -2.04. The topological polar surface area (TPSA) is 79.3 Å². The Hall–Kier alpha value is -1.21. The summed E-state index contributed by atoms with van der Waals surface area (Å²) >= 11 is 0. The minimum Gasteiger partial charge on any atom is -0.395 e. The number of rotatable bonds is 4. The highest BCUT2D eigenvalue weighted by molar-refractivity contribution is 7.92. The molecule has 2 N–H and O–H groups in total. The molecule has 0 atom stereocenters. The third-order valence-corrected chi connectivity index (χ3v) is 2.59. The van der Waals surface area contributed by atoms with E-state index in [9.17, 15) is 12.8 Å². The minimum atomic E-state index is -3.58. The summed E-state index contributed by atoms with van der Waals surface area (Å²) in [6.07, 6.45) is 0.900. The highest BCUT2D eigenvalue weighted by Gasteiger charge is 2.09. The van der Waals surface area contributed by atoms with E-state index < -0.39 is 28.2 Å². The van der Waals surface area contributed by atoms with Crippen LogP contribution in [-0.2, 0) is 10.0 Å². The van der Waals surface area contributed by atoms with Gasteiger partial charge in [0.15, 0.2) is 0 Å². The van der Waals surface area contributed by atoms with Gasteiger partial charge in [0, 0.05) is 0 Å². The maximum atomic E-state index is 12.4. The second-order valence-electron chi connectivity index (χ2n) is 2.51. The van der Waals surface area contributed by atoms with Crippen LogP contribution in [0, 0.1) is 5.82 Å². The van der Waals surface area contributed by atoms with Crippen molar-refractivity contribution in [3.05, 3.63) is 24.1 Å². The molecule has 0 spiro atoms. The Bertz CT molecular complexity index is 390. The molecule has 1 rings (SSSR count). The number of hydrogen-bond acceptors (Lipinski definition) is 4. The first-order chi connectivity index (χ1) is 6.53. The summed E-state index contributed by atoms with van der Waals surface area (Å²) in [5, 5.41) is 8.42. The van der Waals surface area contributed by atoms with Gasteiger partial charge in [0.05, 0.1) is 18.6 Å². The highest BCUT2D eigenvalue weighted by Crippen LogP contribution is 2.05. The van der Waals surface area contributed by atoms with E-state index in [-0.39, 0.29) is 5.82 Å². The van der Waals surface area contributed by atoms with E-state index in [1.807, 2.05) is 0 Å². The molecule has 1 aromatic rings. The zero-order chi connectivity index (χ0) is 10.6. The van der Waals surface area contributed by atoms with Crippen LogP contribution in [0.25, 0.3) is 0 Å². The fraction of sp³-hybridized carbons (Fsp3) is 0.286. The van der Waals surface area contributed by atoms with Crippen LogP contribution in [-0.4, -0.2) is 30.9 Å². The van der Waals surface area contributed by atoms with Crippen LogP contribution in [0.2, 0.25) is 0 Å². The molecule has 0 saturated carbocycles. The van der Waals surface area contributed by atoms with E-state index in [0.717, 1.165) is 12.3 Å². The normalized spacial score (nSPS) is 11.3. The van der Waals surface area contributed by atoms with Crippen molar-refractivity contribution in [1.29, 1.82) is 0 Å². The van der Waals surface area contributed by atoms with Crippen LogP contribution in [0.5, 0.6) is 0 Å². The van der Waals surface area contributed by atoms with Crippen LogP contribution >= 0.6 is 0 Å². The zero-order valence-corrected chi connectivity index (χ0v) is 7.96. The molecular weight excluding hydrogens is 211 g/mol. The van der Waals surface area contributed by atoms with Crippen molar-refractivity contribution in [2.24, 2.45) is 0 Å². The molecule has 1 aromatic heterocycles. The molecule has 7 heteroatoms. The van der Waals surface area contributed by atoms with Gasteiger partial charge in [0.2, 0.25) is 10.0 Å². The van der Waals surface area contributed by atoms with Crippen LogP contribution in [0.1, 0.15) is 0 Å². The summed E-state index contributed by atoms with van der Waals surface area (Å²) < 4.78 is 36.6. The van der Waals surface area contributed by atoms with Crippen molar-refractivity contribution < 1.29 is 17.9 Å². The predicted octanol–water partition coefficient (Wildman–Crippen LogP) is -0.0453. The maximum Gasteiger partial charge on any atom is 0.236 e. The minimum absolute atomic E-state index is 0.0276. The number of halogens is 1. The van der Waals surface area contributed by atoms with Crippen molar-refractivity contribution >= 4 is 15.8 Å². The molecule has 0 radical (unpaired) electrons. The number of anilines is 1. The zero-order valence-electron chi connectivity index (χ0n) is 7.14. The van der Waals surface area contributed by atoms with Crippen LogP contribution < -0.4 is 4.72 Å². The van der Waals surface area contributed by atoms with E-state index >= 15 is 0 Å². The summed E-state index contributed by atoms with van der Waals surface area (Å²) in [5.41, 5.74) is 0. The van der Waals surface area contributed by atoms with Crippen LogP contribution in [0.3, 0.4) is 0 Å². The Kier molecular flexibility index (Phi) is 3.37. The Morgan fingerprint density at radius 3 is 2.71 bits per heavy atom. The lowest BCUT2D eigenvalue weighted by molar-refractivity contribution is 0.320. The van der Waals surface area contributed by atoms with Gasteiger partial charge in [-0.3, -0.25) is 4.72 Å². The molecular formula is C7H9FN2O3S. The largest absolute Gasteiger partial charge is 0.395 e. The molecule has 0 aromatic carbocycles. The second kappa shape index (κ2) is 4.34. The second-order valence-corrected chi connectivity index (χ2v) is 4.35. The Morgan fingerprint density at radius 1 is 1.50 bits per heavy atom. The quantitative estimate of drug-likeness (QED) is 0.746. The molecule has 0 bridgehead atoms. The fourth-order valence-corrected chi connectivity index (χ4v) is 1.55. The highest BCUT2D eigenvalue weighted by atomic mass is 32.2. The average Bonchev–Trinajstić information content (AvgIpc) is 2.08. The average molecular weight is 220 g/mol. The first kappa shape index (κ1) is 10.9. The summed E-state index contributed by atoms with van der Waals surface area (Å²) in [4.78, 5) is 3.50. The monoisotopic (exact) mass is 220 g/mol. The van der Waals surface area contributed by atoms with Gasteiger partial charge in [-0.1, -0.05) is 0 Å². The maximum absolute atomic E-state index is 12.4. The smallest absolute Gasteiger partial charge is 0.236 e. The molecule has 0 unspecified atom stereocenters. The summed E-state index contributed by atoms with van der Waals surface area (Å²) in [7, 11) is -3.58. The van der Waals surface area contributed by atoms with E-state index in [1.165, 1.54) is 6.07 Å². The Morgan fingerprint density at radius 2 is 2.21 bits per heavy atom. The van der Waals surface area contributed by atoms with Gasteiger partial charge in [-0.05, 0) is 12.1 Å². The molecule has 0 saturated heterocycles. The molecule has 1 heterocycles. The van der Waals surface area contributed by atoms with Crippen molar-refractivity contribution in [1.82, 2.24) is 4.98 Å². The first-order valence-electron chi connectivity index (χ1n) is 3.76. The van der Waals surface area contributed by atoms with Gasteiger partial charge in [0.1, 0.15) is 11.6 Å². The Balaban J connectivity index is 2.74. The number of sulfonamides is 1. The Labute approximate surface area is 80.7 Å². The third-order valence-electron chi connectivity index (χ3n) is 1.35. The lowest BCUT2D eigenvalue weighted by atomic mass is 10.5. The van der Waals surface area contributed by atoms with Crippen LogP contribution in [0.15, 0.2) is 18.3 Å². The number of pyridine rings is 1. The van der Waals surface area contributed by atoms with E-state index in [4.69, 9.17) is 5.11 Å². The standard InChI is InChI=1S/C7H9FN2O3S/c8-6-1-2-7(9-5-6)10-14(12,13)4-3-11/h1-2,5,11H,3-4H2,(H,9,10). The molecule has 14 heavy (non-hydrogen) atoms. The molecule has 0 aliphatic rings. The molecule has 78 valence electrons. The number of nitrogens with one attached hydrogen (secondary N) is 1. The number of aliphatic hydroxyl groups excluding tert-OH is 1. The molecule has 0 amide bonds. The van der Waals surface area contributed by atoms with Gasteiger partial charge in [-0.25, -0.2) is 17.8 Å². The van der Waals surface area contributed by atoms with Gasteiger partial charge in [-0.15, -0.1) is 0 Å². The van der Waals surface area contributed by atoms with Crippen LogP contribution in [0.4, 0.5) is 10.2 Å². The SMILES string of the molecule is O=S(=O)(CCO)Nc1ccc(F)cn1. The molecule has 5 nitrogen and oxygen atoms in total. The number of aromatic nitrogens is 1. The van der Waals surface area contributed by atoms with E-state index in [1.54, 1.807) is 0 Å². The number of aliphatic hydroxyl groups is 1. The number of hydrogen-bond donors (Lipinski definition) is 2. The third kappa shape index (κ3) is 3.27. The van der Waals surface area contributed by atoms with Crippen molar-refractivity contribution in [3.63, 3.8) is 0 Å². The first-order valence-corrected chi connectivity index (χ1v) is 5.41. The van der Waals surface area contributed by atoms with E-state index in [0.29, 0.717) is 0 Å². The summed E-state index contributed by atoms with van der Waals surface area (Å²) in [6.45, 7) is -0.476. The lowest BCUT2D eigenvalue weighted by Crippen LogP contribution is -2.19. The van der Waals surface area contributed by atoms with Gasteiger partial charge in [0.25, 0.3) is 0 Å². The predicted molar refractivity (Wildman–Crippen MR) is 48.7 cm³/mol. The molecule has 0 aliphatic heterocycles. The number of nitrogens with zero attached hydrogens (tertiary/aromatic N) is 1. The van der Waals surface area contributed by atoms with Crippen molar-refractivity contribution in [2.45, 2.75) is 0 Å². The molecule has 0 fully saturated rings. The summed E-state index contributed by atoms with van der Waals surface area (Å²) in [6, 6.07) is 2.29. The van der Waals surface area contributed by atoms with Crippen molar-refractivity contribution in [3.8, 4) is 0 Å². The van der Waals surface area contributed by atoms with Gasteiger partial charge >= 0.3 is 0 Å². The van der Waals surface area contributed by atoms with E-state index in [2.05, 4.69) is 9.71 Å². The molecule has 0 aliphatic carbocycles.